The monoisotopic (exact) mass is 458 g/mol. The van der Waals surface area contributed by atoms with Gasteiger partial charge in [0.2, 0.25) is 11.0 Å². The molecule has 2 aromatic carbocycles. The maximum Gasteiger partial charge on any atom is 0.270 e. The van der Waals surface area contributed by atoms with Gasteiger partial charge in [0.25, 0.3) is 5.69 Å². The molecule has 0 fully saturated rings. The Morgan fingerprint density at radius 1 is 1.13 bits per heavy atom. The van der Waals surface area contributed by atoms with Gasteiger partial charge in [-0.25, -0.2) is 4.98 Å². The van der Waals surface area contributed by atoms with Gasteiger partial charge in [0.15, 0.2) is 9.47 Å². The second-order valence-electron chi connectivity index (χ2n) is 6.13. The molecule has 0 bridgehead atoms. The fraction of sp³-hybridized carbons (Fsp3) is 0.111. The lowest BCUT2D eigenvalue weighted by Crippen LogP contribution is -2.13. The molecule has 0 spiro atoms. The number of thiazole rings is 1. The molecule has 12 heteroatoms. The first-order valence-electron chi connectivity index (χ1n) is 8.61. The van der Waals surface area contributed by atoms with E-state index in [1.807, 2.05) is 31.2 Å². The number of thioether (sulfide) groups is 1. The predicted molar refractivity (Wildman–Crippen MR) is 120 cm³/mol. The molecule has 4 aromatic rings. The van der Waals surface area contributed by atoms with E-state index in [1.165, 1.54) is 52.1 Å². The number of nitrogens with one attached hydrogen (secondary N) is 2. The van der Waals surface area contributed by atoms with Crippen LogP contribution in [0.5, 0.6) is 0 Å². The van der Waals surface area contributed by atoms with Crippen LogP contribution in [0, 0.1) is 17.0 Å². The van der Waals surface area contributed by atoms with Gasteiger partial charge in [-0.3, -0.25) is 14.9 Å². The highest BCUT2D eigenvalue weighted by molar-refractivity contribution is 8.01. The van der Waals surface area contributed by atoms with Crippen molar-refractivity contribution < 1.29 is 9.72 Å². The van der Waals surface area contributed by atoms with Gasteiger partial charge < -0.3 is 10.6 Å². The van der Waals surface area contributed by atoms with Crippen LogP contribution in [0.15, 0.2) is 46.8 Å². The van der Waals surface area contributed by atoms with E-state index in [-0.39, 0.29) is 17.3 Å². The third kappa shape index (κ3) is 4.90. The summed E-state index contributed by atoms with van der Waals surface area (Å²) in [5.41, 5.74) is 2.68. The molecular weight excluding hydrogens is 444 g/mol. The van der Waals surface area contributed by atoms with E-state index in [2.05, 4.69) is 25.8 Å². The molecule has 1 amide bonds. The molecule has 0 aliphatic rings. The molecule has 152 valence electrons. The first-order valence-corrected chi connectivity index (χ1v) is 11.2. The van der Waals surface area contributed by atoms with Gasteiger partial charge in [-0.2, -0.15) is 0 Å². The minimum absolute atomic E-state index is 0.00842. The van der Waals surface area contributed by atoms with Gasteiger partial charge in [0.05, 0.1) is 20.9 Å². The van der Waals surface area contributed by atoms with E-state index in [0.717, 1.165) is 5.69 Å². The van der Waals surface area contributed by atoms with Crippen LogP contribution in [0.3, 0.4) is 0 Å². The highest BCUT2D eigenvalue weighted by atomic mass is 32.2. The van der Waals surface area contributed by atoms with Gasteiger partial charge in [0.1, 0.15) is 0 Å². The summed E-state index contributed by atoms with van der Waals surface area (Å²) >= 11 is 3.83. The minimum Gasteiger partial charge on any atom is -0.330 e. The average molecular weight is 459 g/mol. The molecular formula is C18H14N6O3S3. The van der Waals surface area contributed by atoms with Crippen LogP contribution in [-0.4, -0.2) is 31.8 Å². The molecule has 0 aliphatic carbocycles. The quantitative estimate of drug-likeness (QED) is 0.229. The number of nitro groups is 1. The Kier molecular flexibility index (Phi) is 5.88. The molecule has 2 heterocycles. The standard InChI is InChI=1S/C18H14N6O3S3/c1-10-2-4-11(5-3-10)19-17-22-23-18(30-17)28-9-15(25)21-16-20-13-7-6-12(24(26)27)8-14(13)29-16/h2-8H,9H2,1H3,(H,19,22)(H,20,21,25). The number of nitro benzene ring substituents is 1. The van der Waals surface area contributed by atoms with Crippen LogP contribution in [-0.2, 0) is 4.79 Å². The zero-order valence-electron chi connectivity index (χ0n) is 15.5. The number of aromatic nitrogens is 3. The van der Waals surface area contributed by atoms with Crippen LogP contribution >= 0.6 is 34.4 Å². The Morgan fingerprint density at radius 3 is 2.70 bits per heavy atom. The van der Waals surface area contributed by atoms with Crippen molar-refractivity contribution in [3.8, 4) is 0 Å². The smallest absolute Gasteiger partial charge is 0.270 e. The second-order valence-corrected chi connectivity index (χ2v) is 9.36. The lowest BCUT2D eigenvalue weighted by molar-refractivity contribution is -0.384. The fourth-order valence-corrected chi connectivity index (χ4v) is 4.93. The molecule has 9 nitrogen and oxygen atoms in total. The Hall–Kier alpha value is -3.09. The van der Waals surface area contributed by atoms with Crippen molar-refractivity contribution in [1.82, 2.24) is 15.2 Å². The summed E-state index contributed by atoms with van der Waals surface area (Å²) in [6, 6.07) is 12.3. The number of carbonyl (C=O) groups excluding carboxylic acids is 1. The third-order valence-corrected chi connectivity index (χ3v) is 6.77. The van der Waals surface area contributed by atoms with E-state index in [0.29, 0.717) is 24.8 Å². The van der Waals surface area contributed by atoms with Crippen molar-refractivity contribution in [3.05, 3.63) is 58.1 Å². The van der Waals surface area contributed by atoms with Gasteiger partial charge in [-0.1, -0.05) is 52.1 Å². The topological polar surface area (TPSA) is 123 Å². The first-order chi connectivity index (χ1) is 14.5. The largest absolute Gasteiger partial charge is 0.330 e. The SMILES string of the molecule is Cc1ccc(Nc2nnc(SCC(=O)Nc3nc4ccc([N+](=O)[O-])cc4s3)s2)cc1. The fourth-order valence-electron chi connectivity index (χ4n) is 2.44. The zero-order valence-corrected chi connectivity index (χ0v) is 17.9. The molecule has 0 saturated heterocycles. The Balaban J connectivity index is 1.32. The Morgan fingerprint density at radius 2 is 1.93 bits per heavy atom. The van der Waals surface area contributed by atoms with Crippen LogP contribution in [0.1, 0.15) is 5.56 Å². The van der Waals surface area contributed by atoms with Gasteiger partial charge in [-0.15, -0.1) is 10.2 Å². The van der Waals surface area contributed by atoms with Gasteiger partial charge >= 0.3 is 0 Å². The summed E-state index contributed by atoms with van der Waals surface area (Å²) in [5.74, 6) is -0.0910. The maximum absolute atomic E-state index is 12.2. The van der Waals surface area contributed by atoms with Gasteiger partial charge in [-0.05, 0) is 25.1 Å². The van der Waals surface area contributed by atoms with Crippen LogP contribution in [0.2, 0.25) is 0 Å². The number of non-ortho nitro benzene ring substituents is 1. The molecule has 0 unspecified atom stereocenters. The lowest BCUT2D eigenvalue weighted by Gasteiger charge is -2.01. The number of anilines is 3. The molecule has 30 heavy (non-hydrogen) atoms. The second kappa shape index (κ2) is 8.73. The molecule has 4 rings (SSSR count). The Bertz CT molecular complexity index is 1220. The van der Waals surface area contributed by atoms with Crippen LogP contribution in [0.4, 0.5) is 21.6 Å². The molecule has 2 N–H and O–H groups in total. The number of aryl methyl sites for hydroxylation is 1. The number of carbonyl (C=O) groups is 1. The molecule has 0 aliphatic heterocycles. The van der Waals surface area contributed by atoms with Crippen molar-refractivity contribution in [3.63, 3.8) is 0 Å². The number of hydrogen-bond donors (Lipinski definition) is 2. The van der Waals surface area contributed by atoms with Gasteiger partial charge in [0, 0.05) is 17.8 Å². The molecule has 2 aromatic heterocycles. The molecule has 0 radical (unpaired) electrons. The van der Waals surface area contributed by atoms with Crippen molar-refractivity contribution in [2.45, 2.75) is 11.3 Å². The van der Waals surface area contributed by atoms with E-state index < -0.39 is 4.92 Å². The molecule has 0 atom stereocenters. The number of hydrogen-bond acceptors (Lipinski definition) is 10. The minimum atomic E-state index is -0.460. The van der Waals surface area contributed by atoms with E-state index in [1.54, 1.807) is 6.07 Å². The van der Waals surface area contributed by atoms with Crippen molar-refractivity contribution >= 4 is 72.2 Å². The number of benzene rings is 2. The summed E-state index contributed by atoms with van der Waals surface area (Å²) < 4.78 is 1.31. The lowest BCUT2D eigenvalue weighted by atomic mass is 10.2. The summed E-state index contributed by atoms with van der Waals surface area (Å²) in [6.45, 7) is 2.02. The van der Waals surface area contributed by atoms with Crippen molar-refractivity contribution in [1.29, 1.82) is 0 Å². The number of fused-ring (bicyclic) bond motifs is 1. The summed E-state index contributed by atoms with van der Waals surface area (Å²) in [6.07, 6.45) is 0. The van der Waals surface area contributed by atoms with Crippen molar-refractivity contribution in [2.24, 2.45) is 0 Å². The Labute approximate surface area is 182 Å². The van der Waals surface area contributed by atoms with Crippen molar-refractivity contribution in [2.75, 3.05) is 16.4 Å². The first kappa shape index (κ1) is 20.2. The number of nitrogens with zero attached hydrogens (tertiary/aromatic N) is 4. The highest BCUT2D eigenvalue weighted by Crippen LogP contribution is 2.30. The number of rotatable bonds is 7. The van der Waals surface area contributed by atoms with E-state index in [4.69, 9.17) is 0 Å². The average Bonchev–Trinajstić information content (AvgIpc) is 3.33. The highest BCUT2D eigenvalue weighted by Gasteiger charge is 2.13. The predicted octanol–water partition coefficient (Wildman–Crippen LogP) is 4.84. The van der Waals surface area contributed by atoms with E-state index in [9.17, 15) is 14.9 Å². The summed E-state index contributed by atoms with van der Waals surface area (Å²) in [7, 11) is 0. The van der Waals surface area contributed by atoms with E-state index >= 15 is 0 Å². The normalized spacial score (nSPS) is 10.8. The molecule has 0 saturated carbocycles. The third-order valence-electron chi connectivity index (χ3n) is 3.87. The zero-order chi connectivity index (χ0) is 21.1. The van der Waals surface area contributed by atoms with Crippen LogP contribution in [0.25, 0.3) is 10.2 Å². The summed E-state index contributed by atoms with van der Waals surface area (Å²) in [4.78, 5) is 26.9. The maximum atomic E-state index is 12.2. The summed E-state index contributed by atoms with van der Waals surface area (Å²) in [5, 5.41) is 26.0. The number of amides is 1. The van der Waals surface area contributed by atoms with Crippen LogP contribution < -0.4 is 10.6 Å².